The highest BCUT2D eigenvalue weighted by atomic mass is 16.3. The van der Waals surface area contributed by atoms with Crippen molar-refractivity contribution in [1.82, 2.24) is 5.32 Å². The van der Waals surface area contributed by atoms with Crippen molar-refractivity contribution in [2.75, 3.05) is 0 Å². The lowest BCUT2D eigenvalue weighted by Gasteiger charge is -2.52. The van der Waals surface area contributed by atoms with Crippen molar-refractivity contribution >= 4 is 0 Å². The normalized spacial score (nSPS) is 33.3. The van der Waals surface area contributed by atoms with Crippen molar-refractivity contribution < 1.29 is 5.11 Å². The van der Waals surface area contributed by atoms with Crippen molar-refractivity contribution in [1.29, 1.82) is 0 Å². The summed E-state index contributed by atoms with van der Waals surface area (Å²) < 4.78 is 0. The Bertz CT molecular complexity index is 638. The molecule has 2 aromatic carbocycles. The van der Waals surface area contributed by atoms with Crippen LogP contribution in [-0.2, 0) is 0 Å². The third-order valence-electron chi connectivity index (χ3n) is 5.85. The second-order valence-electron chi connectivity index (χ2n) is 7.35. The predicted octanol–water partition coefficient (Wildman–Crippen LogP) is 4.88. The van der Waals surface area contributed by atoms with Crippen LogP contribution in [0.5, 0.6) is 0 Å². The van der Waals surface area contributed by atoms with Crippen molar-refractivity contribution in [3.05, 3.63) is 71.8 Å². The van der Waals surface area contributed by atoms with Crippen molar-refractivity contribution in [2.45, 2.75) is 51.3 Å². The Morgan fingerprint density at radius 3 is 1.92 bits per heavy atom. The first-order valence-electron chi connectivity index (χ1n) is 9.14. The summed E-state index contributed by atoms with van der Waals surface area (Å²) in [6.07, 6.45) is 2.10. The van der Waals surface area contributed by atoms with Gasteiger partial charge in [-0.15, -0.1) is 0 Å². The number of rotatable bonds is 4. The topological polar surface area (TPSA) is 32.3 Å². The van der Waals surface area contributed by atoms with Gasteiger partial charge in [0.05, 0.1) is 5.60 Å². The summed E-state index contributed by atoms with van der Waals surface area (Å²) in [5.74, 6) is 0.358. The van der Waals surface area contributed by atoms with E-state index in [2.05, 4.69) is 73.8 Å². The van der Waals surface area contributed by atoms with Crippen LogP contribution in [0.25, 0.3) is 0 Å². The Labute approximate surface area is 145 Å². The summed E-state index contributed by atoms with van der Waals surface area (Å²) in [4.78, 5) is 0. The first-order chi connectivity index (χ1) is 11.6. The molecule has 2 aromatic rings. The Hall–Kier alpha value is -1.64. The summed E-state index contributed by atoms with van der Waals surface area (Å²) in [7, 11) is 0. The van der Waals surface area contributed by atoms with E-state index < -0.39 is 5.60 Å². The van der Waals surface area contributed by atoms with Gasteiger partial charge in [-0.25, -0.2) is 0 Å². The van der Waals surface area contributed by atoms with E-state index in [9.17, 15) is 5.11 Å². The highest BCUT2D eigenvalue weighted by Gasteiger charge is 2.49. The molecule has 1 fully saturated rings. The van der Waals surface area contributed by atoms with E-state index in [1.54, 1.807) is 0 Å². The van der Waals surface area contributed by atoms with E-state index in [4.69, 9.17) is 0 Å². The number of hydrogen-bond donors (Lipinski definition) is 2. The lowest BCUT2D eigenvalue weighted by molar-refractivity contribution is -0.105. The van der Waals surface area contributed by atoms with E-state index in [1.165, 1.54) is 11.1 Å². The molecule has 2 nitrogen and oxygen atoms in total. The summed E-state index contributed by atoms with van der Waals surface area (Å²) in [6, 6.07) is 21.4. The van der Waals surface area contributed by atoms with Gasteiger partial charge < -0.3 is 10.4 Å². The van der Waals surface area contributed by atoms with Gasteiger partial charge >= 0.3 is 0 Å². The fourth-order valence-electron chi connectivity index (χ4n) is 4.27. The molecule has 5 atom stereocenters. The third-order valence-corrected chi connectivity index (χ3v) is 5.85. The predicted molar refractivity (Wildman–Crippen MR) is 99.7 cm³/mol. The van der Waals surface area contributed by atoms with Crippen LogP contribution < -0.4 is 5.32 Å². The molecule has 5 unspecified atom stereocenters. The van der Waals surface area contributed by atoms with Crippen LogP contribution in [0.3, 0.4) is 0 Å². The van der Waals surface area contributed by atoms with E-state index in [0.717, 1.165) is 12.8 Å². The molecule has 0 saturated carbocycles. The first-order valence-corrected chi connectivity index (χ1v) is 9.14. The van der Waals surface area contributed by atoms with Gasteiger partial charge in [0, 0.05) is 23.9 Å². The highest BCUT2D eigenvalue weighted by Crippen LogP contribution is 2.48. The largest absolute Gasteiger partial charge is 0.389 e. The highest BCUT2D eigenvalue weighted by molar-refractivity contribution is 5.27. The molecule has 1 aliphatic heterocycles. The van der Waals surface area contributed by atoms with Crippen LogP contribution in [0, 0.1) is 11.8 Å². The van der Waals surface area contributed by atoms with Gasteiger partial charge in [0.2, 0.25) is 0 Å². The maximum absolute atomic E-state index is 11.5. The van der Waals surface area contributed by atoms with Gasteiger partial charge in [0.25, 0.3) is 0 Å². The number of aliphatic hydroxyl groups is 1. The monoisotopic (exact) mass is 323 g/mol. The van der Waals surface area contributed by atoms with Crippen LogP contribution >= 0.6 is 0 Å². The number of hydrogen-bond acceptors (Lipinski definition) is 2. The Morgan fingerprint density at radius 2 is 1.42 bits per heavy atom. The molecular weight excluding hydrogens is 294 g/mol. The molecule has 1 saturated heterocycles. The lowest BCUT2D eigenvalue weighted by atomic mass is 9.65. The summed E-state index contributed by atoms with van der Waals surface area (Å²) in [5.41, 5.74) is 1.81. The molecule has 0 aromatic heterocycles. The molecule has 1 heterocycles. The molecule has 2 N–H and O–H groups in total. The maximum Gasteiger partial charge on any atom is 0.0709 e. The summed E-state index contributed by atoms with van der Waals surface area (Å²) in [5, 5.41) is 15.3. The van der Waals surface area contributed by atoms with Crippen molar-refractivity contribution in [3.8, 4) is 0 Å². The van der Waals surface area contributed by atoms with Crippen LogP contribution in [0.4, 0.5) is 0 Å². The SMILES string of the molecule is CCCC1C(c2ccccc2)NC(c2ccccc2)C(C)C1(C)O. The minimum absolute atomic E-state index is 0.149. The standard InChI is InChI=1S/C22H29NO/c1-4-11-19-21(18-14-9-6-10-15-18)23-20(16(2)22(19,3)24)17-12-7-5-8-13-17/h5-10,12-16,19-21,23-24H,4,11H2,1-3H3. The molecule has 128 valence electrons. The van der Waals surface area contributed by atoms with Crippen LogP contribution in [0.2, 0.25) is 0 Å². The molecule has 3 rings (SSSR count). The molecule has 0 amide bonds. The average Bonchev–Trinajstić information content (AvgIpc) is 2.61. The maximum atomic E-state index is 11.5. The second kappa shape index (κ2) is 7.08. The van der Waals surface area contributed by atoms with E-state index in [-0.39, 0.29) is 23.9 Å². The molecule has 24 heavy (non-hydrogen) atoms. The molecule has 0 bridgehead atoms. The second-order valence-corrected chi connectivity index (χ2v) is 7.35. The van der Waals surface area contributed by atoms with Gasteiger partial charge in [-0.2, -0.15) is 0 Å². The van der Waals surface area contributed by atoms with Gasteiger partial charge in [-0.3, -0.25) is 0 Å². The summed E-state index contributed by atoms with van der Waals surface area (Å²) in [6.45, 7) is 6.41. The Morgan fingerprint density at radius 1 is 0.917 bits per heavy atom. The van der Waals surface area contributed by atoms with Gasteiger partial charge in [-0.1, -0.05) is 80.9 Å². The smallest absolute Gasteiger partial charge is 0.0709 e. The van der Waals surface area contributed by atoms with Crippen LogP contribution in [0.1, 0.15) is 56.8 Å². The molecule has 2 heteroatoms. The molecular formula is C22H29NO. The number of benzene rings is 2. The minimum atomic E-state index is -0.706. The number of piperidine rings is 1. The molecule has 1 aliphatic rings. The van der Waals surface area contributed by atoms with Crippen LogP contribution in [-0.4, -0.2) is 10.7 Å². The number of nitrogens with one attached hydrogen (secondary N) is 1. The van der Waals surface area contributed by atoms with Gasteiger partial charge in [-0.05, 0) is 24.5 Å². The Kier molecular flexibility index (Phi) is 5.07. The van der Waals surface area contributed by atoms with E-state index in [0.29, 0.717) is 0 Å². The summed E-state index contributed by atoms with van der Waals surface area (Å²) >= 11 is 0. The molecule has 0 aliphatic carbocycles. The van der Waals surface area contributed by atoms with Crippen LogP contribution in [0.15, 0.2) is 60.7 Å². The fourth-order valence-corrected chi connectivity index (χ4v) is 4.27. The Balaban J connectivity index is 2.01. The molecule has 0 radical (unpaired) electrons. The first kappa shape index (κ1) is 17.2. The zero-order chi connectivity index (χ0) is 17.2. The van der Waals surface area contributed by atoms with Gasteiger partial charge in [0.1, 0.15) is 0 Å². The fraction of sp³-hybridized carbons (Fsp3) is 0.455. The average molecular weight is 323 g/mol. The third kappa shape index (κ3) is 3.13. The quantitative estimate of drug-likeness (QED) is 0.841. The molecule has 0 spiro atoms. The zero-order valence-corrected chi connectivity index (χ0v) is 14.9. The zero-order valence-electron chi connectivity index (χ0n) is 14.9. The lowest BCUT2D eigenvalue weighted by Crippen LogP contribution is -2.56. The van der Waals surface area contributed by atoms with Gasteiger partial charge in [0.15, 0.2) is 0 Å². The minimum Gasteiger partial charge on any atom is -0.389 e. The van der Waals surface area contributed by atoms with Crippen molar-refractivity contribution in [3.63, 3.8) is 0 Å². The van der Waals surface area contributed by atoms with Crippen molar-refractivity contribution in [2.24, 2.45) is 11.8 Å². The van der Waals surface area contributed by atoms with E-state index >= 15 is 0 Å². The van der Waals surface area contributed by atoms with E-state index in [1.807, 2.05) is 13.0 Å².